The zero-order valence-corrected chi connectivity index (χ0v) is 18.7. The summed E-state index contributed by atoms with van der Waals surface area (Å²) in [6.07, 6.45) is 3.30. The van der Waals surface area contributed by atoms with Crippen molar-refractivity contribution in [1.82, 2.24) is 14.5 Å². The SMILES string of the molecule is CCCCCn1c(-c2cccc3nc(-c4ccccc4)oc23)nc2cc(C(=O)OC)ccc21. The van der Waals surface area contributed by atoms with Crippen molar-refractivity contribution in [3.63, 3.8) is 0 Å². The Morgan fingerprint density at radius 2 is 1.82 bits per heavy atom. The third-order valence-electron chi connectivity index (χ3n) is 5.83. The van der Waals surface area contributed by atoms with Crippen LogP contribution in [0.25, 0.3) is 45.0 Å². The van der Waals surface area contributed by atoms with E-state index < -0.39 is 0 Å². The summed E-state index contributed by atoms with van der Waals surface area (Å²) in [5.41, 5.74) is 5.52. The number of fused-ring (bicyclic) bond motifs is 2. The zero-order chi connectivity index (χ0) is 22.8. The Morgan fingerprint density at radius 3 is 2.61 bits per heavy atom. The van der Waals surface area contributed by atoms with Crippen LogP contribution in [-0.4, -0.2) is 27.6 Å². The maximum atomic E-state index is 12.1. The largest absolute Gasteiger partial charge is 0.465 e. The molecule has 0 atom stereocenters. The second-order valence-electron chi connectivity index (χ2n) is 8.03. The number of ether oxygens (including phenoxy) is 1. The molecule has 3 aromatic carbocycles. The Morgan fingerprint density at radius 1 is 0.970 bits per heavy atom. The maximum absolute atomic E-state index is 12.1. The summed E-state index contributed by atoms with van der Waals surface area (Å²) in [5, 5.41) is 0. The standard InChI is InChI=1S/C27H25N3O3/c1-3-4-8-16-30-23-15-14-19(27(31)32-2)17-22(23)28-25(30)20-12-9-13-21-24(20)33-26(29-21)18-10-6-5-7-11-18/h5-7,9-15,17H,3-4,8,16H2,1-2H3. The minimum absolute atomic E-state index is 0.371. The maximum Gasteiger partial charge on any atom is 0.337 e. The van der Waals surface area contributed by atoms with Crippen molar-refractivity contribution in [2.75, 3.05) is 7.11 Å². The van der Waals surface area contributed by atoms with Gasteiger partial charge >= 0.3 is 5.97 Å². The number of hydrogen-bond acceptors (Lipinski definition) is 5. The Kier molecular flexibility index (Phi) is 5.65. The van der Waals surface area contributed by atoms with E-state index in [4.69, 9.17) is 19.1 Å². The van der Waals surface area contributed by atoms with Crippen LogP contribution < -0.4 is 0 Å². The molecular weight excluding hydrogens is 414 g/mol. The number of oxazole rings is 1. The number of nitrogens with zero attached hydrogens (tertiary/aromatic N) is 3. The number of carbonyl (C=O) groups excluding carboxylic acids is 1. The van der Waals surface area contributed by atoms with Crippen molar-refractivity contribution < 1.29 is 13.9 Å². The number of hydrogen-bond donors (Lipinski definition) is 0. The molecule has 33 heavy (non-hydrogen) atoms. The van der Waals surface area contributed by atoms with Crippen LogP contribution in [-0.2, 0) is 11.3 Å². The monoisotopic (exact) mass is 439 g/mol. The van der Waals surface area contributed by atoms with Crippen molar-refractivity contribution >= 4 is 28.1 Å². The molecular formula is C27H25N3O3. The van der Waals surface area contributed by atoms with Crippen molar-refractivity contribution in [2.24, 2.45) is 0 Å². The van der Waals surface area contributed by atoms with E-state index in [0.29, 0.717) is 17.0 Å². The second-order valence-corrected chi connectivity index (χ2v) is 8.03. The van der Waals surface area contributed by atoms with Gasteiger partial charge in [0.25, 0.3) is 0 Å². The number of imidazole rings is 1. The molecule has 0 fully saturated rings. The third kappa shape index (κ3) is 3.89. The van der Waals surface area contributed by atoms with E-state index in [-0.39, 0.29) is 5.97 Å². The average molecular weight is 440 g/mol. The van der Waals surface area contributed by atoms with E-state index in [1.54, 1.807) is 12.1 Å². The van der Waals surface area contributed by atoms with Gasteiger partial charge in [-0.2, -0.15) is 0 Å². The number of aryl methyl sites for hydroxylation is 1. The van der Waals surface area contributed by atoms with E-state index in [0.717, 1.165) is 59.3 Å². The lowest BCUT2D eigenvalue weighted by molar-refractivity contribution is 0.0601. The van der Waals surface area contributed by atoms with Crippen LogP contribution >= 0.6 is 0 Å². The summed E-state index contributed by atoms with van der Waals surface area (Å²) < 4.78 is 13.4. The molecule has 0 aliphatic carbocycles. The first-order chi connectivity index (χ1) is 16.2. The lowest BCUT2D eigenvalue weighted by atomic mass is 10.1. The fourth-order valence-corrected chi connectivity index (χ4v) is 4.16. The van der Waals surface area contributed by atoms with E-state index in [9.17, 15) is 4.79 Å². The highest BCUT2D eigenvalue weighted by atomic mass is 16.5. The molecule has 6 nitrogen and oxygen atoms in total. The summed E-state index contributed by atoms with van der Waals surface area (Å²) in [6.45, 7) is 3.02. The van der Waals surface area contributed by atoms with Crippen LogP contribution in [0, 0.1) is 0 Å². The van der Waals surface area contributed by atoms with Crippen molar-refractivity contribution in [3.8, 4) is 22.8 Å². The lowest BCUT2D eigenvalue weighted by Crippen LogP contribution is -2.02. The molecule has 5 rings (SSSR count). The summed E-state index contributed by atoms with van der Waals surface area (Å²) >= 11 is 0. The molecule has 0 unspecified atom stereocenters. The third-order valence-corrected chi connectivity index (χ3v) is 5.83. The van der Waals surface area contributed by atoms with Gasteiger partial charge in [-0.3, -0.25) is 0 Å². The molecule has 0 saturated carbocycles. The predicted octanol–water partition coefficient (Wildman–Crippen LogP) is 6.49. The first-order valence-electron chi connectivity index (χ1n) is 11.2. The summed E-state index contributed by atoms with van der Waals surface area (Å²) in [6, 6.07) is 21.3. The summed E-state index contributed by atoms with van der Waals surface area (Å²) in [4.78, 5) is 21.7. The zero-order valence-electron chi connectivity index (χ0n) is 18.7. The van der Waals surface area contributed by atoms with Crippen LogP contribution in [0.1, 0.15) is 36.5 Å². The van der Waals surface area contributed by atoms with Gasteiger partial charge in [-0.05, 0) is 48.9 Å². The van der Waals surface area contributed by atoms with Gasteiger partial charge < -0.3 is 13.7 Å². The van der Waals surface area contributed by atoms with Gasteiger partial charge in [0.15, 0.2) is 5.58 Å². The number of methoxy groups -OCH3 is 1. The quantitative estimate of drug-likeness (QED) is 0.214. The molecule has 0 radical (unpaired) electrons. The van der Waals surface area contributed by atoms with Gasteiger partial charge in [-0.25, -0.2) is 14.8 Å². The smallest absolute Gasteiger partial charge is 0.337 e. The Balaban J connectivity index is 1.68. The van der Waals surface area contributed by atoms with Crippen molar-refractivity contribution in [3.05, 3.63) is 72.3 Å². The molecule has 0 amide bonds. The molecule has 2 aromatic heterocycles. The van der Waals surface area contributed by atoms with Crippen LogP contribution in [0.15, 0.2) is 71.1 Å². The van der Waals surface area contributed by atoms with Gasteiger partial charge in [0, 0.05) is 12.1 Å². The van der Waals surface area contributed by atoms with E-state index >= 15 is 0 Å². The predicted molar refractivity (Wildman–Crippen MR) is 129 cm³/mol. The number of rotatable bonds is 7. The molecule has 166 valence electrons. The number of para-hydroxylation sites is 1. The molecule has 0 saturated heterocycles. The minimum atomic E-state index is -0.371. The molecule has 5 aromatic rings. The first kappa shape index (κ1) is 20.9. The Hall–Kier alpha value is -3.93. The fourth-order valence-electron chi connectivity index (χ4n) is 4.16. The van der Waals surface area contributed by atoms with Gasteiger partial charge in [0.2, 0.25) is 5.89 Å². The number of unbranched alkanes of at least 4 members (excludes halogenated alkanes) is 2. The topological polar surface area (TPSA) is 70.2 Å². The molecule has 0 aliphatic rings. The second kappa shape index (κ2) is 8.90. The molecule has 2 heterocycles. The number of esters is 1. The highest BCUT2D eigenvalue weighted by molar-refractivity contribution is 5.96. The first-order valence-corrected chi connectivity index (χ1v) is 11.2. The molecule has 0 aliphatic heterocycles. The van der Waals surface area contributed by atoms with Gasteiger partial charge in [-0.1, -0.05) is 44.0 Å². The van der Waals surface area contributed by atoms with E-state index in [1.165, 1.54) is 7.11 Å². The number of aromatic nitrogens is 3. The minimum Gasteiger partial charge on any atom is -0.465 e. The van der Waals surface area contributed by atoms with Gasteiger partial charge in [-0.15, -0.1) is 0 Å². The van der Waals surface area contributed by atoms with Crippen LogP contribution in [0.2, 0.25) is 0 Å². The highest BCUT2D eigenvalue weighted by Gasteiger charge is 2.19. The summed E-state index contributed by atoms with van der Waals surface area (Å²) in [5.74, 6) is 1.02. The molecule has 0 bridgehead atoms. The molecule has 0 N–H and O–H groups in total. The van der Waals surface area contributed by atoms with E-state index in [1.807, 2.05) is 54.6 Å². The van der Waals surface area contributed by atoms with Crippen molar-refractivity contribution in [2.45, 2.75) is 32.7 Å². The van der Waals surface area contributed by atoms with Crippen LogP contribution in [0.3, 0.4) is 0 Å². The van der Waals surface area contributed by atoms with E-state index in [2.05, 4.69) is 11.5 Å². The summed E-state index contributed by atoms with van der Waals surface area (Å²) in [7, 11) is 1.39. The van der Waals surface area contributed by atoms with Crippen molar-refractivity contribution in [1.29, 1.82) is 0 Å². The van der Waals surface area contributed by atoms with Crippen LogP contribution in [0.5, 0.6) is 0 Å². The van der Waals surface area contributed by atoms with Gasteiger partial charge in [0.1, 0.15) is 11.3 Å². The number of carbonyl (C=O) groups is 1. The van der Waals surface area contributed by atoms with Gasteiger partial charge in [0.05, 0.1) is 29.3 Å². The molecule has 0 spiro atoms. The number of benzene rings is 3. The lowest BCUT2D eigenvalue weighted by Gasteiger charge is -2.09. The average Bonchev–Trinajstić information content (AvgIpc) is 3.45. The highest BCUT2D eigenvalue weighted by Crippen LogP contribution is 2.34. The molecule has 6 heteroatoms. The Bertz CT molecular complexity index is 1430. The van der Waals surface area contributed by atoms with Crippen LogP contribution in [0.4, 0.5) is 0 Å². The Labute approximate surface area is 191 Å². The normalized spacial score (nSPS) is 11.3. The fraction of sp³-hybridized carbons (Fsp3) is 0.222.